The number of nitrogens with zero attached hydrogens (tertiary/aromatic N) is 1. The van der Waals surface area contributed by atoms with Crippen molar-refractivity contribution in [2.75, 3.05) is 19.6 Å². The molecule has 2 rings (SSSR count). The summed E-state index contributed by atoms with van der Waals surface area (Å²) in [6, 6.07) is -0.134. The summed E-state index contributed by atoms with van der Waals surface area (Å²) in [4.78, 5) is 26.9. The number of likely N-dealkylation sites (tertiary alicyclic amines) is 1. The summed E-state index contributed by atoms with van der Waals surface area (Å²) in [5, 5.41) is 5.70. The van der Waals surface area contributed by atoms with Gasteiger partial charge < -0.3 is 21.3 Å². The van der Waals surface area contributed by atoms with E-state index in [4.69, 9.17) is 5.73 Å². The lowest BCUT2D eigenvalue weighted by Gasteiger charge is -2.40. The number of piperidine rings is 1. The molecule has 0 aromatic heterocycles. The van der Waals surface area contributed by atoms with Gasteiger partial charge in [-0.2, -0.15) is 0 Å². The van der Waals surface area contributed by atoms with Gasteiger partial charge in [-0.05, 0) is 45.4 Å². The van der Waals surface area contributed by atoms with Crippen molar-refractivity contribution in [3.63, 3.8) is 0 Å². The van der Waals surface area contributed by atoms with Crippen LogP contribution in [-0.2, 0) is 4.79 Å². The van der Waals surface area contributed by atoms with E-state index in [9.17, 15) is 9.59 Å². The minimum absolute atomic E-state index is 0. The van der Waals surface area contributed by atoms with Crippen molar-refractivity contribution < 1.29 is 9.59 Å². The smallest absolute Gasteiger partial charge is 0.315 e. The number of carbonyl (C=O) groups is 2. The van der Waals surface area contributed by atoms with E-state index in [-0.39, 0.29) is 30.4 Å². The van der Waals surface area contributed by atoms with E-state index >= 15 is 0 Å². The molecule has 23 heavy (non-hydrogen) atoms. The first-order valence-electron chi connectivity index (χ1n) is 8.59. The minimum Gasteiger partial charge on any atom is -0.340 e. The summed E-state index contributed by atoms with van der Waals surface area (Å²) < 4.78 is 0. The average molecular weight is 347 g/mol. The van der Waals surface area contributed by atoms with Gasteiger partial charge in [-0.3, -0.25) is 4.79 Å². The Labute approximate surface area is 145 Å². The minimum atomic E-state index is -0.709. The Morgan fingerprint density at radius 1 is 1.30 bits per heavy atom. The third kappa shape index (κ3) is 4.73. The van der Waals surface area contributed by atoms with Crippen LogP contribution in [0.3, 0.4) is 0 Å². The van der Waals surface area contributed by atoms with E-state index in [0.717, 1.165) is 51.6 Å². The zero-order valence-corrected chi connectivity index (χ0v) is 15.1. The van der Waals surface area contributed by atoms with E-state index in [1.165, 1.54) is 0 Å². The Morgan fingerprint density at radius 2 is 1.96 bits per heavy atom. The number of hydrogen-bond donors (Lipinski definition) is 3. The number of hydrogen-bond acceptors (Lipinski definition) is 3. The van der Waals surface area contributed by atoms with Gasteiger partial charge in [0.15, 0.2) is 0 Å². The van der Waals surface area contributed by atoms with Gasteiger partial charge in [0.25, 0.3) is 0 Å². The molecule has 7 heteroatoms. The third-order valence-electron chi connectivity index (χ3n) is 5.05. The molecule has 4 N–H and O–H groups in total. The Kier molecular flexibility index (Phi) is 7.61. The highest BCUT2D eigenvalue weighted by molar-refractivity contribution is 5.91. The molecule has 6 nitrogen and oxygen atoms in total. The zero-order valence-electron chi connectivity index (χ0n) is 14.3. The molecular weight excluding hydrogens is 316 g/mol. The van der Waals surface area contributed by atoms with Gasteiger partial charge >= 0.3 is 6.03 Å². The number of halogens is 1. The van der Waals surface area contributed by atoms with E-state index in [2.05, 4.69) is 10.6 Å². The zero-order chi connectivity index (χ0) is 16.2. The Balaban J connectivity index is 0.00000264. The summed E-state index contributed by atoms with van der Waals surface area (Å²) >= 11 is 0. The fourth-order valence-corrected chi connectivity index (χ4v) is 3.72. The normalized spacial score (nSPS) is 24.5. The van der Waals surface area contributed by atoms with Crippen LogP contribution in [0.4, 0.5) is 4.79 Å². The first-order chi connectivity index (χ1) is 10.5. The molecule has 3 amide bonds. The lowest BCUT2D eigenvalue weighted by atomic mass is 9.89. The molecule has 1 aliphatic heterocycles. The van der Waals surface area contributed by atoms with Crippen molar-refractivity contribution in [1.82, 2.24) is 15.5 Å². The second kappa shape index (κ2) is 8.73. The lowest BCUT2D eigenvalue weighted by Crippen LogP contribution is -2.61. The van der Waals surface area contributed by atoms with E-state index in [0.29, 0.717) is 12.5 Å². The van der Waals surface area contributed by atoms with Crippen LogP contribution < -0.4 is 16.4 Å². The number of carbonyl (C=O) groups excluding carboxylic acids is 2. The van der Waals surface area contributed by atoms with Gasteiger partial charge in [-0.25, -0.2) is 4.79 Å². The van der Waals surface area contributed by atoms with Crippen LogP contribution in [0.15, 0.2) is 0 Å². The summed E-state index contributed by atoms with van der Waals surface area (Å²) in [6.45, 7) is 5.94. The number of nitrogens with one attached hydrogen (secondary N) is 2. The van der Waals surface area contributed by atoms with Crippen LogP contribution >= 0.6 is 12.4 Å². The molecule has 0 aromatic rings. The molecule has 0 spiro atoms. The Hall–Kier alpha value is -1.01. The third-order valence-corrected chi connectivity index (χ3v) is 5.05. The molecular formula is C16H31ClN4O2. The molecule has 2 atom stereocenters. The predicted molar refractivity (Wildman–Crippen MR) is 93.6 cm³/mol. The number of nitrogens with two attached hydrogens (primary N) is 1. The van der Waals surface area contributed by atoms with Crippen LogP contribution in [0.1, 0.15) is 52.4 Å². The van der Waals surface area contributed by atoms with E-state index in [1.54, 1.807) is 0 Å². The predicted octanol–water partition coefficient (Wildman–Crippen LogP) is 1.63. The average Bonchev–Trinajstić information content (AvgIpc) is 2.96. The highest BCUT2D eigenvalue weighted by Crippen LogP contribution is 2.33. The first-order valence-corrected chi connectivity index (χ1v) is 8.59. The molecule has 1 saturated carbocycles. The topological polar surface area (TPSA) is 87.5 Å². The van der Waals surface area contributed by atoms with Crippen molar-refractivity contribution in [2.24, 2.45) is 11.7 Å². The maximum atomic E-state index is 13.1. The molecule has 134 valence electrons. The second-order valence-electron chi connectivity index (χ2n) is 6.79. The van der Waals surface area contributed by atoms with Gasteiger partial charge in [0.1, 0.15) is 5.54 Å². The van der Waals surface area contributed by atoms with Crippen molar-refractivity contribution in [3.8, 4) is 0 Å². The Morgan fingerprint density at radius 3 is 2.52 bits per heavy atom. The first kappa shape index (κ1) is 20.0. The summed E-state index contributed by atoms with van der Waals surface area (Å²) in [6.07, 6.45) is 5.53. The largest absolute Gasteiger partial charge is 0.340 e. The Bertz CT molecular complexity index is 411. The molecule has 2 unspecified atom stereocenters. The van der Waals surface area contributed by atoms with Gasteiger partial charge in [-0.1, -0.05) is 12.8 Å². The maximum absolute atomic E-state index is 13.1. The van der Waals surface area contributed by atoms with E-state index < -0.39 is 5.54 Å². The lowest BCUT2D eigenvalue weighted by molar-refractivity contribution is -0.139. The molecule has 0 aromatic carbocycles. The van der Waals surface area contributed by atoms with Crippen molar-refractivity contribution in [1.29, 1.82) is 0 Å². The van der Waals surface area contributed by atoms with Crippen LogP contribution in [0, 0.1) is 5.92 Å². The standard InChI is InChI=1S/C16H30N4O2.ClH/c1-3-18-15(22)19-16(8-4-5-9-16)14(21)20-10-6-7-13(11-20)12(2)17;/h12-13H,3-11,17H2,1-2H3,(H2,18,19,22);1H. The monoisotopic (exact) mass is 346 g/mol. The quantitative estimate of drug-likeness (QED) is 0.723. The molecule has 1 saturated heterocycles. The molecule has 2 aliphatic rings. The van der Waals surface area contributed by atoms with Gasteiger partial charge in [-0.15, -0.1) is 12.4 Å². The van der Waals surface area contributed by atoms with Crippen molar-refractivity contribution in [2.45, 2.75) is 64.0 Å². The fourth-order valence-electron chi connectivity index (χ4n) is 3.72. The van der Waals surface area contributed by atoms with Crippen LogP contribution in [-0.4, -0.2) is 48.1 Å². The molecule has 0 radical (unpaired) electrons. The maximum Gasteiger partial charge on any atom is 0.315 e. The van der Waals surface area contributed by atoms with Crippen LogP contribution in [0.25, 0.3) is 0 Å². The van der Waals surface area contributed by atoms with Gasteiger partial charge in [0, 0.05) is 25.7 Å². The van der Waals surface area contributed by atoms with Crippen LogP contribution in [0.2, 0.25) is 0 Å². The molecule has 1 aliphatic carbocycles. The number of urea groups is 1. The second-order valence-corrected chi connectivity index (χ2v) is 6.79. The van der Waals surface area contributed by atoms with Crippen LogP contribution in [0.5, 0.6) is 0 Å². The summed E-state index contributed by atoms with van der Waals surface area (Å²) in [5.74, 6) is 0.447. The van der Waals surface area contributed by atoms with Crippen molar-refractivity contribution in [3.05, 3.63) is 0 Å². The highest BCUT2D eigenvalue weighted by Gasteiger charge is 2.45. The van der Waals surface area contributed by atoms with Crippen molar-refractivity contribution >= 4 is 24.3 Å². The van der Waals surface area contributed by atoms with Gasteiger partial charge in [0.2, 0.25) is 5.91 Å². The molecule has 1 heterocycles. The highest BCUT2D eigenvalue weighted by atomic mass is 35.5. The molecule has 0 bridgehead atoms. The summed E-state index contributed by atoms with van der Waals surface area (Å²) in [5.41, 5.74) is 5.31. The number of amides is 3. The van der Waals surface area contributed by atoms with E-state index in [1.807, 2.05) is 18.7 Å². The SMILES string of the molecule is CCNC(=O)NC1(C(=O)N2CCCC(C(C)N)C2)CCCC1.Cl. The summed E-state index contributed by atoms with van der Waals surface area (Å²) in [7, 11) is 0. The van der Waals surface area contributed by atoms with Gasteiger partial charge in [0.05, 0.1) is 0 Å². The number of rotatable bonds is 4. The fraction of sp³-hybridized carbons (Fsp3) is 0.875. The molecule has 2 fully saturated rings.